The number of ether oxygens (including phenoxy) is 2. The minimum Gasteiger partial charge on any atom is -0.463 e. The molecule has 1 aromatic carbocycles. The van der Waals surface area contributed by atoms with Crippen LogP contribution in [-0.4, -0.2) is 58.5 Å². The van der Waals surface area contributed by atoms with Crippen molar-refractivity contribution < 1.29 is 29.6 Å². The Labute approximate surface area is 141 Å². The van der Waals surface area contributed by atoms with Crippen molar-refractivity contribution >= 4 is 28.5 Å². The van der Waals surface area contributed by atoms with E-state index >= 15 is 0 Å². The second kappa shape index (κ2) is 7.55. The normalized spacial score (nSPS) is 31.6. The van der Waals surface area contributed by atoms with Crippen molar-refractivity contribution in [1.82, 2.24) is 5.32 Å². The number of nitrogens with one attached hydrogen (secondary N) is 1. The molecule has 122 valence electrons. The fourth-order valence-electron chi connectivity index (χ4n) is 2.22. The summed E-state index contributed by atoms with van der Waals surface area (Å²) in [4.78, 5) is 11.3. The molecule has 1 saturated heterocycles. The Hall–Kier alpha value is -0.940. The molecule has 5 atom stereocenters. The van der Waals surface area contributed by atoms with E-state index in [-0.39, 0.29) is 0 Å². The first kappa shape index (κ1) is 17.4. The van der Waals surface area contributed by atoms with Gasteiger partial charge >= 0.3 is 0 Å². The molecule has 0 aromatic heterocycles. The molecule has 4 N–H and O–H groups in total. The van der Waals surface area contributed by atoms with Gasteiger partial charge in [0.15, 0.2) is 0 Å². The molecule has 0 saturated carbocycles. The van der Waals surface area contributed by atoms with E-state index in [4.69, 9.17) is 9.47 Å². The van der Waals surface area contributed by atoms with Crippen LogP contribution in [-0.2, 0) is 9.53 Å². The first-order valence-corrected chi connectivity index (χ1v) is 7.82. The standard InChI is InChI=1S/C14H18INO6/c1-7(18)16-11-13(20)12(19)10(6-17)22-14(11)21-9-4-2-8(15)3-5-9/h2-5,10-14,17,19-20H,6H2,1H3,(H,16,18). The van der Waals surface area contributed by atoms with Crippen molar-refractivity contribution in [2.75, 3.05) is 6.61 Å². The van der Waals surface area contributed by atoms with Crippen molar-refractivity contribution in [3.63, 3.8) is 0 Å². The maximum Gasteiger partial charge on any atom is 0.223 e. The van der Waals surface area contributed by atoms with Crippen molar-refractivity contribution in [2.24, 2.45) is 0 Å². The highest BCUT2D eigenvalue weighted by atomic mass is 127. The maximum atomic E-state index is 11.3. The fourth-order valence-corrected chi connectivity index (χ4v) is 2.58. The van der Waals surface area contributed by atoms with E-state index in [0.29, 0.717) is 5.75 Å². The number of halogens is 1. The van der Waals surface area contributed by atoms with Crippen LogP contribution < -0.4 is 10.1 Å². The molecule has 0 bridgehead atoms. The van der Waals surface area contributed by atoms with Gasteiger partial charge in [-0.25, -0.2) is 0 Å². The summed E-state index contributed by atoms with van der Waals surface area (Å²) < 4.78 is 12.1. The third kappa shape index (κ3) is 4.07. The van der Waals surface area contributed by atoms with Gasteiger partial charge in [-0.3, -0.25) is 4.79 Å². The van der Waals surface area contributed by atoms with Crippen LogP contribution in [0.25, 0.3) is 0 Å². The highest BCUT2D eigenvalue weighted by Gasteiger charge is 2.46. The first-order valence-electron chi connectivity index (χ1n) is 6.74. The molecule has 5 unspecified atom stereocenters. The summed E-state index contributed by atoms with van der Waals surface area (Å²) in [7, 11) is 0. The molecule has 0 spiro atoms. The summed E-state index contributed by atoms with van der Waals surface area (Å²) in [6.45, 7) is 0.816. The van der Waals surface area contributed by atoms with Crippen LogP contribution in [0.1, 0.15) is 6.92 Å². The van der Waals surface area contributed by atoms with Gasteiger partial charge in [0.1, 0.15) is 30.1 Å². The molecule has 1 heterocycles. The van der Waals surface area contributed by atoms with Crippen molar-refractivity contribution in [3.8, 4) is 5.75 Å². The smallest absolute Gasteiger partial charge is 0.223 e. The average Bonchev–Trinajstić information content (AvgIpc) is 2.48. The van der Waals surface area contributed by atoms with Gasteiger partial charge in [-0.05, 0) is 46.9 Å². The second-order valence-corrected chi connectivity index (χ2v) is 6.25. The number of benzene rings is 1. The molecule has 1 aromatic rings. The molecule has 2 rings (SSSR count). The Morgan fingerprint density at radius 3 is 2.50 bits per heavy atom. The van der Waals surface area contributed by atoms with Crippen LogP contribution in [0.15, 0.2) is 24.3 Å². The molecule has 22 heavy (non-hydrogen) atoms. The van der Waals surface area contributed by atoms with Crippen LogP contribution in [0.5, 0.6) is 5.75 Å². The number of hydrogen-bond acceptors (Lipinski definition) is 6. The number of amides is 1. The summed E-state index contributed by atoms with van der Waals surface area (Å²) in [5.41, 5.74) is 0. The van der Waals surface area contributed by atoms with Crippen molar-refractivity contribution in [2.45, 2.75) is 37.6 Å². The monoisotopic (exact) mass is 423 g/mol. The number of carbonyl (C=O) groups excluding carboxylic acids is 1. The lowest BCUT2D eigenvalue weighted by Gasteiger charge is -2.42. The van der Waals surface area contributed by atoms with E-state index in [1.807, 2.05) is 12.1 Å². The van der Waals surface area contributed by atoms with Gasteiger partial charge in [0.05, 0.1) is 6.61 Å². The van der Waals surface area contributed by atoms with E-state index < -0.39 is 43.2 Å². The van der Waals surface area contributed by atoms with Crippen molar-refractivity contribution in [3.05, 3.63) is 27.8 Å². The molecular formula is C14H18INO6. The second-order valence-electron chi connectivity index (χ2n) is 5.00. The minimum absolute atomic E-state index is 0.390. The zero-order valence-electron chi connectivity index (χ0n) is 11.8. The Kier molecular flexibility index (Phi) is 5.98. The zero-order valence-corrected chi connectivity index (χ0v) is 14.0. The van der Waals surface area contributed by atoms with Gasteiger partial charge in [0, 0.05) is 10.5 Å². The Bertz CT molecular complexity index is 511. The van der Waals surface area contributed by atoms with Crippen LogP contribution >= 0.6 is 22.6 Å². The molecule has 1 aliphatic rings. The lowest BCUT2D eigenvalue weighted by atomic mass is 9.97. The van der Waals surface area contributed by atoms with E-state index in [0.717, 1.165) is 3.57 Å². The Balaban J connectivity index is 2.18. The molecule has 1 amide bonds. The summed E-state index contributed by atoms with van der Waals surface area (Å²) >= 11 is 2.15. The summed E-state index contributed by atoms with van der Waals surface area (Å²) in [5, 5.41) is 31.8. The Morgan fingerprint density at radius 1 is 1.32 bits per heavy atom. The van der Waals surface area contributed by atoms with Gasteiger partial charge in [0.2, 0.25) is 12.2 Å². The molecule has 0 aliphatic carbocycles. The van der Waals surface area contributed by atoms with Crippen LogP contribution in [0.3, 0.4) is 0 Å². The third-order valence-electron chi connectivity index (χ3n) is 3.32. The van der Waals surface area contributed by atoms with Crippen LogP contribution in [0.4, 0.5) is 0 Å². The minimum atomic E-state index is -1.32. The van der Waals surface area contributed by atoms with Gasteiger partial charge in [-0.15, -0.1) is 0 Å². The number of rotatable bonds is 4. The van der Waals surface area contributed by atoms with Gasteiger partial charge < -0.3 is 30.1 Å². The SMILES string of the molecule is CC(=O)NC1C(Oc2ccc(I)cc2)OC(CO)C(O)C1O. The predicted molar refractivity (Wildman–Crippen MR) is 85.2 cm³/mol. The highest BCUT2D eigenvalue weighted by Crippen LogP contribution is 2.24. The van der Waals surface area contributed by atoms with Crippen LogP contribution in [0.2, 0.25) is 0 Å². The van der Waals surface area contributed by atoms with Crippen LogP contribution in [0, 0.1) is 3.57 Å². The largest absolute Gasteiger partial charge is 0.463 e. The third-order valence-corrected chi connectivity index (χ3v) is 4.04. The number of aliphatic hydroxyl groups excluding tert-OH is 3. The Morgan fingerprint density at radius 2 is 1.95 bits per heavy atom. The molecule has 7 nitrogen and oxygen atoms in total. The number of hydrogen-bond donors (Lipinski definition) is 4. The molecule has 1 fully saturated rings. The lowest BCUT2D eigenvalue weighted by Crippen LogP contribution is -2.65. The van der Waals surface area contributed by atoms with E-state index in [1.165, 1.54) is 6.92 Å². The first-order chi connectivity index (χ1) is 10.4. The summed E-state index contributed by atoms with van der Waals surface area (Å²) in [6.07, 6.45) is -4.66. The molecular weight excluding hydrogens is 405 g/mol. The summed E-state index contributed by atoms with van der Waals surface area (Å²) in [5.74, 6) is 0.0968. The van der Waals surface area contributed by atoms with E-state index in [9.17, 15) is 20.1 Å². The van der Waals surface area contributed by atoms with Gasteiger partial charge in [0.25, 0.3) is 0 Å². The molecule has 0 radical (unpaired) electrons. The fraction of sp³-hybridized carbons (Fsp3) is 0.500. The highest BCUT2D eigenvalue weighted by molar-refractivity contribution is 14.1. The number of aliphatic hydroxyl groups is 3. The predicted octanol–water partition coefficient (Wildman–Crippen LogP) is -0.386. The van der Waals surface area contributed by atoms with Crippen molar-refractivity contribution in [1.29, 1.82) is 0 Å². The quantitative estimate of drug-likeness (QED) is 0.492. The van der Waals surface area contributed by atoms with Gasteiger partial charge in [-0.2, -0.15) is 0 Å². The zero-order chi connectivity index (χ0) is 16.3. The maximum absolute atomic E-state index is 11.3. The lowest BCUT2D eigenvalue weighted by molar-refractivity contribution is -0.244. The van der Waals surface area contributed by atoms with Gasteiger partial charge in [-0.1, -0.05) is 0 Å². The molecule has 1 aliphatic heterocycles. The average molecular weight is 423 g/mol. The van der Waals surface area contributed by atoms with E-state index in [1.54, 1.807) is 12.1 Å². The number of carbonyl (C=O) groups is 1. The molecule has 8 heteroatoms. The topological polar surface area (TPSA) is 108 Å². The van der Waals surface area contributed by atoms with E-state index in [2.05, 4.69) is 27.9 Å². The summed E-state index contributed by atoms with van der Waals surface area (Å²) in [6, 6.07) is 6.17.